The van der Waals surface area contributed by atoms with Gasteiger partial charge in [0.15, 0.2) is 0 Å². The molecule has 0 aliphatic rings. The van der Waals surface area contributed by atoms with Crippen molar-refractivity contribution in [1.82, 2.24) is 5.32 Å². The van der Waals surface area contributed by atoms with Crippen LogP contribution in [0.2, 0.25) is 0 Å². The van der Waals surface area contributed by atoms with Crippen LogP contribution in [0, 0.1) is 0 Å². The maximum Gasteiger partial charge on any atom is 0.306 e. The first-order chi connectivity index (χ1) is 30.0. The van der Waals surface area contributed by atoms with Crippen molar-refractivity contribution in [3.63, 3.8) is 0 Å². The van der Waals surface area contributed by atoms with E-state index >= 15 is 0 Å². The van der Waals surface area contributed by atoms with Crippen molar-refractivity contribution in [3.8, 4) is 0 Å². The van der Waals surface area contributed by atoms with Crippen LogP contribution in [0.4, 0.5) is 0 Å². The molecular weight excluding hydrogens is 755 g/mol. The second-order valence-corrected chi connectivity index (χ2v) is 18.3. The van der Waals surface area contributed by atoms with Crippen molar-refractivity contribution in [1.29, 1.82) is 0 Å². The highest BCUT2D eigenvalue weighted by Crippen LogP contribution is 2.18. The maximum absolute atomic E-state index is 13.2. The summed E-state index contributed by atoms with van der Waals surface area (Å²) >= 11 is 0. The van der Waals surface area contributed by atoms with Gasteiger partial charge in [0, 0.05) is 6.42 Å². The molecule has 0 rings (SSSR count). The fraction of sp³-hybridized carbons (Fsp3) is 0.855. The number of carbonyl (C=O) groups excluding carboxylic acids is 2. The standard InChI is InChI=1S/C55H103NO5/c1-4-7-10-13-16-19-22-24-26-27-29-30-32-34-37-40-43-46-51(61-55(60)48-45-42-39-36-33-31-28-25-23-20-17-14-11-8-5-2)49-54(59)56-52(50-57)53(58)47-44-41-38-35-21-18-15-12-9-6-3/h16,19,24,26,29-30,51-53,57-58H,4-15,17-18,20-23,25,27-28,31-50H2,1-3H3,(H,56,59)/b19-16-,26-24-,30-29-. The molecule has 0 aliphatic heterocycles. The van der Waals surface area contributed by atoms with Gasteiger partial charge in [0.2, 0.25) is 5.91 Å². The van der Waals surface area contributed by atoms with E-state index in [-0.39, 0.29) is 24.9 Å². The molecule has 0 radical (unpaired) electrons. The quantitative estimate of drug-likeness (QED) is 0.0322. The molecule has 0 aliphatic carbocycles. The van der Waals surface area contributed by atoms with Crippen molar-refractivity contribution >= 4 is 11.9 Å². The minimum Gasteiger partial charge on any atom is -0.462 e. The topological polar surface area (TPSA) is 95.9 Å². The van der Waals surface area contributed by atoms with Gasteiger partial charge in [-0.3, -0.25) is 9.59 Å². The molecule has 3 unspecified atom stereocenters. The zero-order valence-electron chi connectivity index (χ0n) is 40.8. The van der Waals surface area contributed by atoms with Crippen molar-refractivity contribution < 1.29 is 24.5 Å². The average Bonchev–Trinajstić information content (AvgIpc) is 3.25. The summed E-state index contributed by atoms with van der Waals surface area (Å²) in [6.07, 6.45) is 57.7. The summed E-state index contributed by atoms with van der Waals surface area (Å²) in [6, 6.07) is -0.705. The zero-order chi connectivity index (χ0) is 44.5. The monoisotopic (exact) mass is 858 g/mol. The van der Waals surface area contributed by atoms with Crippen LogP contribution in [0.5, 0.6) is 0 Å². The molecule has 3 atom stereocenters. The molecule has 3 N–H and O–H groups in total. The predicted octanol–water partition coefficient (Wildman–Crippen LogP) is 16.1. The molecule has 0 aromatic rings. The second-order valence-electron chi connectivity index (χ2n) is 18.3. The van der Waals surface area contributed by atoms with Gasteiger partial charge in [-0.25, -0.2) is 0 Å². The van der Waals surface area contributed by atoms with E-state index in [9.17, 15) is 19.8 Å². The Kier molecular flexibility index (Phi) is 47.6. The van der Waals surface area contributed by atoms with Gasteiger partial charge in [0.05, 0.1) is 25.2 Å². The molecule has 1 amide bonds. The molecule has 0 bridgehead atoms. The number of ether oxygens (including phenoxy) is 1. The van der Waals surface area contributed by atoms with Gasteiger partial charge >= 0.3 is 5.97 Å². The van der Waals surface area contributed by atoms with E-state index in [1.54, 1.807) is 0 Å². The SMILES string of the molecule is CCCCC/C=C\C/C=C\C/C=C\CCCCCCC(CC(=O)NC(CO)C(O)CCCCCCCCCCCC)OC(=O)CCCCCCCCCCCCCCCCC. The van der Waals surface area contributed by atoms with E-state index in [0.717, 1.165) is 83.5 Å². The van der Waals surface area contributed by atoms with Gasteiger partial charge in [-0.1, -0.05) is 237 Å². The van der Waals surface area contributed by atoms with Crippen LogP contribution in [0.15, 0.2) is 36.5 Å². The first kappa shape index (κ1) is 59.1. The van der Waals surface area contributed by atoms with Crippen LogP contribution in [0.1, 0.15) is 278 Å². The third-order valence-corrected chi connectivity index (χ3v) is 12.2. The van der Waals surface area contributed by atoms with Crippen LogP contribution in [-0.2, 0) is 14.3 Å². The van der Waals surface area contributed by atoms with Gasteiger partial charge in [-0.05, 0) is 64.2 Å². The van der Waals surface area contributed by atoms with E-state index in [0.29, 0.717) is 19.3 Å². The number of hydrogen-bond donors (Lipinski definition) is 3. The second kappa shape index (κ2) is 49.1. The smallest absolute Gasteiger partial charge is 0.306 e. The van der Waals surface area contributed by atoms with Crippen molar-refractivity contribution in [2.45, 2.75) is 296 Å². The Bertz CT molecular complexity index is 1010. The summed E-state index contributed by atoms with van der Waals surface area (Å²) in [5, 5.41) is 23.7. The van der Waals surface area contributed by atoms with E-state index < -0.39 is 18.2 Å². The average molecular weight is 858 g/mol. The molecule has 0 fully saturated rings. The number of amides is 1. The molecule has 61 heavy (non-hydrogen) atoms. The van der Waals surface area contributed by atoms with E-state index in [2.05, 4.69) is 62.5 Å². The van der Waals surface area contributed by atoms with Gasteiger partial charge in [-0.15, -0.1) is 0 Å². The lowest BCUT2D eigenvalue weighted by molar-refractivity contribution is -0.151. The number of allylic oxidation sites excluding steroid dienone is 6. The number of aliphatic hydroxyl groups is 2. The minimum atomic E-state index is -0.790. The lowest BCUT2D eigenvalue weighted by Crippen LogP contribution is -2.46. The van der Waals surface area contributed by atoms with Crippen LogP contribution in [0.25, 0.3) is 0 Å². The number of nitrogens with one attached hydrogen (secondary N) is 1. The lowest BCUT2D eigenvalue weighted by Gasteiger charge is -2.24. The van der Waals surface area contributed by atoms with E-state index in [1.165, 1.54) is 148 Å². The Hall–Kier alpha value is -1.92. The number of rotatable bonds is 48. The first-order valence-electron chi connectivity index (χ1n) is 26.7. The Morgan fingerprint density at radius 1 is 0.475 bits per heavy atom. The highest BCUT2D eigenvalue weighted by molar-refractivity contribution is 5.77. The predicted molar refractivity (Wildman–Crippen MR) is 264 cm³/mol. The van der Waals surface area contributed by atoms with Gasteiger partial charge in [0.25, 0.3) is 0 Å². The minimum absolute atomic E-state index is 0.0664. The Morgan fingerprint density at radius 2 is 0.836 bits per heavy atom. The molecule has 0 saturated carbocycles. The van der Waals surface area contributed by atoms with Crippen molar-refractivity contribution in [2.75, 3.05) is 6.61 Å². The molecule has 6 heteroatoms. The van der Waals surface area contributed by atoms with Crippen LogP contribution < -0.4 is 5.32 Å². The van der Waals surface area contributed by atoms with Gasteiger partial charge in [-0.2, -0.15) is 0 Å². The third kappa shape index (κ3) is 44.5. The molecule has 0 aromatic heterocycles. The molecular formula is C55H103NO5. The van der Waals surface area contributed by atoms with Crippen LogP contribution in [-0.4, -0.2) is 46.9 Å². The van der Waals surface area contributed by atoms with E-state index in [1.807, 2.05) is 0 Å². The fourth-order valence-corrected chi connectivity index (χ4v) is 8.14. The number of aliphatic hydroxyl groups excluding tert-OH is 2. The van der Waals surface area contributed by atoms with Crippen LogP contribution in [0.3, 0.4) is 0 Å². The normalized spacial score (nSPS) is 13.5. The first-order valence-corrected chi connectivity index (χ1v) is 26.7. The molecule has 0 aromatic carbocycles. The van der Waals surface area contributed by atoms with Crippen molar-refractivity contribution in [2.24, 2.45) is 0 Å². The number of esters is 1. The van der Waals surface area contributed by atoms with Crippen LogP contribution >= 0.6 is 0 Å². The number of hydrogen-bond acceptors (Lipinski definition) is 5. The molecule has 0 heterocycles. The summed E-state index contributed by atoms with van der Waals surface area (Å²) in [7, 11) is 0. The van der Waals surface area contributed by atoms with Gasteiger partial charge in [0.1, 0.15) is 6.10 Å². The lowest BCUT2D eigenvalue weighted by atomic mass is 10.0. The molecule has 6 nitrogen and oxygen atoms in total. The highest BCUT2D eigenvalue weighted by atomic mass is 16.5. The highest BCUT2D eigenvalue weighted by Gasteiger charge is 2.24. The summed E-state index contributed by atoms with van der Waals surface area (Å²) in [5.74, 6) is -0.484. The summed E-state index contributed by atoms with van der Waals surface area (Å²) in [4.78, 5) is 26.2. The fourth-order valence-electron chi connectivity index (χ4n) is 8.14. The molecule has 0 spiro atoms. The van der Waals surface area contributed by atoms with E-state index in [4.69, 9.17) is 4.74 Å². The van der Waals surface area contributed by atoms with Crippen molar-refractivity contribution in [3.05, 3.63) is 36.5 Å². The molecule has 0 saturated heterocycles. The summed E-state index contributed by atoms with van der Waals surface area (Å²) in [5.41, 5.74) is 0. The van der Waals surface area contributed by atoms with Gasteiger partial charge < -0.3 is 20.3 Å². The number of unbranched alkanes of at least 4 members (excludes halogenated alkanes) is 30. The molecule has 358 valence electrons. The summed E-state index contributed by atoms with van der Waals surface area (Å²) < 4.78 is 5.94. The summed E-state index contributed by atoms with van der Waals surface area (Å²) in [6.45, 7) is 6.45. The Morgan fingerprint density at radius 3 is 1.30 bits per heavy atom. The Labute approximate surface area is 379 Å². The maximum atomic E-state index is 13.2. The Balaban J connectivity index is 4.60. The third-order valence-electron chi connectivity index (χ3n) is 12.2. The largest absolute Gasteiger partial charge is 0.462 e. The zero-order valence-corrected chi connectivity index (χ0v) is 40.8. The number of carbonyl (C=O) groups is 2.